The van der Waals surface area contributed by atoms with Crippen molar-refractivity contribution in [2.45, 2.75) is 44.2 Å². The van der Waals surface area contributed by atoms with Crippen molar-refractivity contribution in [1.82, 2.24) is 5.32 Å². The first-order valence-corrected chi connectivity index (χ1v) is 7.39. The number of morpholine rings is 1. The van der Waals surface area contributed by atoms with Gasteiger partial charge in [0, 0.05) is 13.0 Å². The number of rotatable bonds is 7. The molecule has 1 aliphatic heterocycles. The Balaban J connectivity index is 1.80. The van der Waals surface area contributed by atoms with Gasteiger partial charge in [0.15, 0.2) is 0 Å². The molecule has 0 saturated carbocycles. The van der Waals surface area contributed by atoms with Crippen molar-refractivity contribution in [3.8, 4) is 0 Å². The van der Waals surface area contributed by atoms with Gasteiger partial charge in [-0.25, -0.2) is 0 Å². The zero-order valence-corrected chi connectivity index (χ0v) is 11.8. The summed E-state index contributed by atoms with van der Waals surface area (Å²) in [7, 11) is 0. The number of carbonyl (C=O) groups is 1. The van der Waals surface area contributed by atoms with Crippen molar-refractivity contribution in [2.24, 2.45) is 0 Å². The number of nitrogens with one attached hydrogen (secondary N) is 1. The van der Waals surface area contributed by atoms with Crippen LogP contribution in [0.1, 0.15) is 43.7 Å². The van der Waals surface area contributed by atoms with Crippen LogP contribution >= 0.6 is 0 Å². The van der Waals surface area contributed by atoms with E-state index in [4.69, 9.17) is 9.84 Å². The first-order valence-electron chi connectivity index (χ1n) is 7.39. The predicted octanol–water partition coefficient (Wildman–Crippen LogP) is 2.75. The van der Waals surface area contributed by atoms with Gasteiger partial charge in [-0.05, 0) is 18.4 Å². The van der Waals surface area contributed by atoms with Crippen LogP contribution in [0.15, 0.2) is 30.3 Å². The summed E-state index contributed by atoms with van der Waals surface area (Å²) in [5, 5.41) is 12.1. The van der Waals surface area contributed by atoms with E-state index in [0.717, 1.165) is 38.8 Å². The van der Waals surface area contributed by atoms with Gasteiger partial charge in [-0.1, -0.05) is 43.2 Å². The maximum Gasteiger partial charge on any atom is 0.303 e. The summed E-state index contributed by atoms with van der Waals surface area (Å²) in [6.07, 6.45) is 4.16. The first kappa shape index (κ1) is 15.0. The third-order valence-corrected chi connectivity index (χ3v) is 3.71. The van der Waals surface area contributed by atoms with Gasteiger partial charge in [-0.3, -0.25) is 4.79 Å². The maximum absolute atomic E-state index is 10.5. The van der Waals surface area contributed by atoms with Crippen molar-refractivity contribution in [2.75, 3.05) is 13.2 Å². The fourth-order valence-electron chi connectivity index (χ4n) is 2.69. The molecule has 0 bridgehead atoms. The van der Waals surface area contributed by atoms with Gasteiger partial charge >= 0.3 is 5.97 Å². The second kappa shape index (κ2) is 8.02. The van der Waals surface area contributed by atoms with Crippen LogP contribution in [0.5, 0.6) is 0 Å². The predicted molar refractivity (Wildman–Crippen MR) is 77.6 cm³/mol. The Hall–Kier alpha value is -1.39. The normalized spacial score (nSPS) is 22.6. The van der Waals surface area contributed by atoms with Crippen molar-refractivity contribution < 1.29 is 14.6 Å². The van der Waals surface area contributed by atoms with Crippen molar-refractivity contribution in [3.05, 3.63) is 35.9 Å². The van der Waals surface area contributed by atoms with E-state index < -0.39 is 5.97 Å². The topological polar surface area (TPSA) is 58.6 Å². The zero-order valence-electron chi connectivity index (χ0n) is 11.8. The van der Waals surface area contributed by atoms with E-state index in [0.29, 0.717) is 0 Å². The van der Waals surface area contributed by atoms with Crippen LogP contribution in [0.4, 0.5) is 0 Å². The number of hydrogen-bond donors (Lipinski definition) is 2. The minimum atomic E-state index is -0.706. The zero-order chi connectivity index (χ0) is 14.2. The standard InChI is InChI=1S/C16H23NO3/c18-15(19)10-6-2-5-9-14-16(17-11-12-20-14)13-7-3-1-4-8-13/h1,3-4,7-8,14,16-17H,2,5-6,9-12H2,(H,18,19)/t14?,16-/m1/s1. The van der Waals surface area contributed by atoms with Crippen LogP contribution in [0.3, 0.4) is 0 Å². The number of unbranched alkanes of at least 4 members (excludes halogenated alkanes) is 2. The third kappa shape index (κ3) is 4.62. The molecule has 4 heteroatoms. The lowest BCUT2D eigenvalue weighted by Crippen LogP contribution is -2.41. The molecule has 4 nitrogen and oxygen atoms in total. The maximum atomic E-state index is 10.5. The fourth-order valence-corrected chi connectivity index (χ4v) is 2.69. The molecule has 0 spiro atoms. The Bertz CT molecular complexity index is 407. The highest BCUT2D eigenvalue weighted by atomic mass is 16.5. The summed E-state index contributed by atoms with van der Waals surface area (Å²) in [5.74, 6) is -0.706. The fraction of sp³-hybridized carbons (Fsp3) is 0.562. The van der Waals surface area contributed by atoms with Crippen LogP contribution in [-0.2, 0) is 9.53 Å². The van der Waals surface area contributed by atoms with E-state index in [1.807, 2.05) is 6.07 Å². The summed E-state index contributed by atoms with van der Waals surface area (Å²) in [5.41, 5.74) is 1.27. The summed E-state index contributed by atoms with van der Waals surface area (Å²) in [6, 6.07) is 10.6. The minimum absolute atomic E-state index is 0.191. The summed E-state index contributed by atoms with van der Waals surface area (Å²) < 4.78 is 5.89. The minimum Gasteiger partial charge on any atom is -0.481 e. The van der Waals surface area contributed by atoms with Crippen molar-refractivity contribution >= 4 is 5.97 Å². The van der Waals surface area contributed by atoms with Gasteiger partial charge in [0.25, 0.3) is 0 Å². The van der Waals surface area contributed by atoms with E-state index in [-0.39, 0.29) is 18.6 Å². The monoisotopic (exact) mass is 277 g/mol. The molecule has 1 aromatic rings. The third-order valence-electron chi connectivity index (χ3n) is 3.71. The van der Waals surface area contributed by atoms with Gasteiger partial charge < -0.3 is 15.2 Å². The lowest BCUT2D eigenvalue weighted by atomic mass is 9.95. The van der Waals surface area contributed by atoms with Crippen LogP contribution in [0, 0.1) is 0 Å². The van der Waals surface area contributed by atoms with Crippen LogP contribution < -0.4 is 5.32 Å². The molecule has 1 saturated heterocycles. The van der Waals surface area contributed by atoms with Crippen molar-refractivity contribution in [3.63, 3.8) is 0 Å². The van der Waals surface area contributed by atoms with Crippen molar-refractivity contribution in [1.29, 1.82) is 0 Å². The van der Waals surface area contributed by atoms with E-state index in [1.54, 1.807) is 0 Å². The Morgan fingerprint density at radius 1 is 1.25 bits per heavy atom. The molecular formula is C16H23NO3. The molecule has 2 rings (SSSR count). The number of hydrogen-bond acceptors (Lipinski definition) is 3. The molecule has 2 atom stereocenters. The highest BCUT2D eigenvalue weighted by Gasteiger charge is 2.26. The molecule has 1 fully saturated rings. The number of carboxylic acids is 1. The molecule has 110 valence electrons. The Morgan fingerprint density at radius 2 is 2.05 bits per heavy atom. The SMILES string of the molecule is O=C(O)CCCCCC1OCCN[C@@H]1c1ccccc1. The van der Waals surface area contributed by atoms with Gasteiger partial charge in [0.1, 0.15) is 0 Å². The summed E-state index contributed by atoms with van der Waals surface area (Å²) >= 11 is 0. The smallest absolute Gasteiger partial charge is 0.303 e. The molecule has 1 aliphatic rings. The number of carboxylic acid groups (broad SMARTS) is 1. The van der Waals surface area contributed by atoms with Crippen LogP contribution in [-0.4, -0.2) is 30.3 Å². The van der Waals surface area contributed by atoms with Gasteiger partial charge in [0.2, 0.25) is 0 Å². The summed E-state index contributed by atoms with van der Waals surface area (Å²) in [4.78, 5) is 10.5. The van der Waals surface area contributed by atoms with E-state index in [9.17, 15) is 4.79 Å². The number of ether oxygens (including phenoxy) is 1. The Kier molecular flexibility index (Phi) is 6.02. The first-order chi connectivity index (χ1) is 9.77. The highest BCUT2D eigenvalue weighted by Crippen LogP contribution is 2.25. The van der Waals surface area contributed by atoms with Gasteiger partial charge in [-0.2, -0.15) is 0 Å². The number of benzene rings is 1. The highest BCUT2D eigenvalue weighted by molar-refractivity contribution is 5.66. The Labute approximate surface area is 120 Å². The van der Waals surface area contributed by atoms with Crippen LogP contribution in [0.2, 0.25) is 0 Å². The van der Waals surface area contributed by atoms with E-state index in [2.05, 4.69) is 29.6 Å². The molecule has 1 heterocycles. The lowest BCUT2D eigenvalue weighted by molar-refractivity contribution is -0.137. The molecule has 0 aromatic heterocycles. The summed E-state index contributed by atoms with van der Waals surface area (Å²) in [6.45, 7) is 1.64. The average Bonchev–Trinajstić information content (AvgIpc) is 2.48. The van der Waals surface area contributed by atoms with E-state index >= 15 is 0 Å². The molecule has 2 N–H and O–H groups in total. The second-order valence-electron chi connectivity index (χ2n) is 5.24. The van der Waals surface area contributed by atoms with E-state index in [1.165, 1.54) is 5.56 Å². The average molecular weight is 277 g/mol. The van der Waals surface area contributed by atoms with Crippen LogP contribution in [0.25, 0.3) is 0 Å². The molecule has 0 radical (unpaired) electrons. The number of aliphatic carboxylic acids is 1. The molecule has 0 aliphatic carbocycles. The molecule has 1 aromatic carbocycles. The molecule has 0 amide bonds. The molecule has 1 unspecified atom stereocenters. The second-order valence-corrected chi connectivity index (χ2v) is 5.24. The molecular weight excluding hydrogens is 254 g/mol. The molecule has 20 heavy (non-hydrogen) atoms. The largest absolute Gasteiger partial charge is 0.481 e. The Morgan fingerprint density at radius 3 is 2.80 bits per heavy atom. The van der Waals surface area contributed by atoms with Gasteiger partial charge in [0.05, 0.1) is 18.8 Å². The quantitative estimate of drug-likeness (QED) is 0.752. The lowest BCUT2D eigenvalue weighted by Gasteiger charge is -2.33. The van der Waals surface area contributed by atoms with Gasteiger partial charge in [-0.15, -0.1) is 0 Å².